The lowest BCUT2D eigenvalue weighted by Gasteiger charge is -2.27. The predicted molar refractivity (Wildman–Crippen MR) is 75.7 cm³/mol. The Morgan fingerprint density at radius 1 is 1.10 bits per heavy atom. The highest BCUT2D eigenvalue weighted by Crippen LogP contribution is 2.23. The summed E-state index contributed by atoms with van der Waals surface area (Å²) in [6.07, 6.45) is 5.18. The first-order valence-corrected chi connectivity index (χ1v) is 7.63. The molecule has 1 heterocycles. The summed E-state index contributed by atoms with van der Waals surface area (Å²) in [7, 11) is 0. The van der Waals surface area contributed by atoms with Gasteiger partial charge in [0.2, 0.25) is 5.91 Å². The number of nitrogens with one attached hydrogen (secondary N) is 3. The second-order valence-corrected chi connectivity index (χ2v) is 5.85. The molecule has 21 heavy (non-hydrogen) atoms. The van der Waals surface area contributed by atoms with Gasteiger partial charge in [-0.05, 0) is 19.3 Å². The fourth-order valence-corrected chi connectivity index (χ4v) is 3.03. The van der Waals surface area contributed by atoms with Crippen molar-refractivity contribution in [1.82, 2.24) is 16.0 Å². The van der Waals surface area contributed by atoms with E-state index in [-0.39, 0.29) is 24.0 Å². The first-order chi connectivity index (χ1) is 10.1. The maximum atomic E-state index is 12.0. The van der Waals surface area contributed by atoms with Gasteiger partial charge < -0.3 is 21.1 Å². The molecule has 3 atom stereocenters. The largest absolute Gasteiger partial charge is 0.481 e. The van der Waals surface area contributed by atoms with E-state index in [1.165, 1.54) is 0 Å². The van der Waals surface area contributed by atoms with Crippen molar-refractivity contribution in [2.75, 3.05) is 6.54 Å². The highest BCUT2D eigenvalue weighted by molar-refractivity contribution is 5.79. The normalized spacial score (nSPS) is 29.9. The SMILES string of the molecule is O=C1CCC(NC(=O)NC2CCCCCC2C(=O)O)CN1. The van der Waals surface area contributed by atoms with Crippen LogP contribution in [-0.4, -0.2) is 41.6 Å². The molecular formula is C14H23N3O4. The average molecular weight is 297 g/mol. The summed E-state index contributed by atoms with van der Waals surface area (Å²) in [6.45, 7) is 0.430. The minimum absolute atomic E-state index is 0.00293. The van der Waals surface area contributed by atoms with Crippen LogP contribution < -0.4 is 16.0 Å². The van der Waals surface area contributed by atoms with E-state index < -0.39 is 11.9 Å². The van der Waals surface area contributed by atoms with Gasteiger partial charge >= 0.3 is 12.0 Å². The molecule has 7 heteroatoms. The predicted octanol–water partition coefficient (Wildman–Crippen LogP) is 0.598. The molecule has 7 nitrogen and oxygen atoms in total. The number of hydrogen-bond donors (Lipinski definition) is 4. The summed E-state index contributed by atoms with van der Waals surface area (Å²) in [5, 5.41) is 17.6. The number of piperidine rings is 1. The van der Waals surface area contributed by atoms with Crippen LogP contribution in [-0.2, 0) is 9.59 Å². The fraction of sp³-hybridized carbons (Fsp3) is 0.786. The number of rotatable bonds is 3. The number of urea groups is 1. The Balaban J connectivity index is 1.84. The maximum absolute atomic E-state index is 12.0. The number of amides is 3. The third kappa shape index (κ3) is 4.61. The molecule has 1 saturated heterocycles. The van der Waals surface area contributed by atoms with Crippen molar-refractivity contribution in [3.8, 4) is 0 Å². The van der Waals surface area contributed by atoms with Crippen LogP contribution in [0.4, 0.5) is 4.79 Å². The molecular weight excluding hydrogens is 274 g/mol. The van der Waals surface area contributed by atoms with E-state index in [1.54, 1.807) is 0 Å². The quantitative estimate of drug-likeness (QED) is 0.572. The maximum Gasteiger partial charge on any atom is 0.315 e. The first-order valence-electron chi connectivity index (χ1n) is 7.63. The number of hydrogen-bond acceptors (Lipinski definition) is 3. The zero-order chi connectivity index (χ0) is 15.2. The van der Waals surface area contributed by atoms with Gasteiger partial charge in [0, 0.05) is 25.0 Å². The Morgan fingerprint density at radius 3 is 2.52 bits per heavy atom. The van der Waals surface area contributed by atoms with E-state index in [9.17, 15) is 19.5 Å². The van der Waals surface area contributed by atoms with Crippen molar-refractivity contribution in [3.05, 3.63) is 0 Å². The lowest BCUT2D eigenvalue weighted by atomic mass is 9.95. The van der Waals surface area contributed by atoms with Crippen molar-refractivity contribution in [3.63, 3.8) is 0 Å². The van der Waals surface area contributed by atoms with Gasteiger partial charge in [-0.3, -0.25) is 9.59 Å². The van der Waals surface area contributed by atoms with E-state index in [0.29, 0.717) is 32.2 Å². The Bertz CT molecular complexity index is 403. The van der Waals surface area contributed by atoms with Crippen molar-refractivity contribution in [2.45, 2.75) is 57.0 Å². The summed E-state index contributed by atoms with van der Waals surface area (Å²) in [5.41, 5.74) is 0. The minimum Gasteiger partial charge on any atom is -0.481 e. The van der Waals surface area contributed by atoms with Crippen molar-refractivity contribution in [2.24, 2.45) is 5.92 Å². The number of carboxylic acid groups (broad SMARTS) is 1. The summed E-state index contributed by atoms with van der Waals surface area (Å²) < 4.78 is 0. The lowest BCUT2D eigenvalue weighted by molar-refractivity contribution is -0.142. The molecule has 2 fully saturated rings. The molecule has 1 aliphatic carbocycles. The molecule has 1 aliphatic heterocycles. The number of carboxylic acids is 1. The molecule has 0 spiro atoms. The Kier molecular flexibility index (Phi) is 5.41. The summed E-state index contributed by atoms with van der Waals surface area (Å²) in [6, 6.07) is -0.741. The zero-order valence-corrected chi connectivity index (χ0v) is 12.1. The van der Waals surface area contributed by atoms with E-state index in [4.69, 9.17) is 0 Å². The molecule has 118 valence electrons. The van der Waals surface area contributed by atoms with E-state index in [1.807, 2.05) is 0 Å². The lowest BCUT2D eigenvalue weighted by Crippen LogP contribution is -2.53. The van der Waals surface area contributed by atoms with Crippen LogP contribution in [0.2, 0.25) is 0 Å². The average Bonchev–Trinajstić information content (AvgIpc) is 2.67. The van der Waals surface area contributed by atoms with Gasteiger partial charge in [-0.15, -0.1) is 0 Å². The van der Waals surface area contributed by atoms with Gasteiger partial charge in [0.15, 0.2) is 0 Å². The fourth-order valence-electron chi connectivity index (χ4n) is 3.03. The topological polar surface area (TPSA) is 108 Å². The van der Waals surface area contributed by atoms with Gasteiger partial charge in [0.05, 0.1) is 5.92 Å². The van der Waals surface area contributed by atoms with E-state index in [0.717, 1.165) is 19.3 Å². The summed E-state index contributed by atoms with van der Waals surface area (Å²) >= 11 is 0. The third-order valence-corrected chi connectivity index (χ3v) is 4.25. The molecule has 0 aromatic heterocycles. The smallest absolute Gasteiger partial charge is 0.315 e. The van der Waals surface area contributed by atoms with E-state index >= 15 is 0 Å². The minimum atomic E-state index is -0.841. The first kappa shape index (κ1) is 15.6. The highest BCUT2D eigenvalue weighted by Gasteiger charge is 2.31. The standard InChI is InChI=1S/C14H23N3O4/c18-12-7-6-9(8-15-12)16-14(21)17-11-5-3-1-2-4-10(11)13(19)20/h9-11H,1-8H2,(H,15,18)(H,19,20)(H2,16,17,21). The van der Waals surface area contributed by atoms with E-state index in [2.05, 4.69) is 16.0 Å². The highest BCUT2D eigenvalue weighted by atomic mass is 16.4. The van der Waals surface area contributed by atoms with Crippen molar-refractivity contribution >= 4 is 17.9 Å². The van der Waals surface area contributed by atoms with Crippen molar-refractivity contribution < 1.29 is 19.5 Å². The molecule has 0 bridgehead atoms. The summed E-state index contributed by atoms with van der Waals surface area (Å²) in [4.78, 5) is 34.4. The Morgan fingerprint density at radius 2 is 1.86 bits per heavy atom. The second kappa shape index (κ2) is 7.28. The zero-order valence-electron chi connectivity index (χ0n) is 12.1. The molecule has 3 amide bonds. The monoisotopic (exact) mass is 297 g/mol. The van der Waals surface area contributed by atoms with Gasteiger partial charge in [0.1, 0.15) is 0 Å². The number of aliphatic carboxylic acids is 1. The second-order valence-electron chi connectivity index (χ2n) is 5.85. The molecule has 3 unspecified atom stereocenters. The van der Waals surface area contributed by atoms with Crippen LogP contribution in [0, 0.1) is 5.92 Å². The molecule has 2 aliphatic rings. The van der Waals surface area contributed by atoms with Crippen LogP contribution in [0.15, 0.2) is 0 Å². The van der Waals surface area contributed by atoms with Crippen LogP contribution in [0.5, 0.6) is 0 Å². The molecule has 1 saturated carbocycles. The van der Waals surface area contributed by atoms with Gasteiger partial charge in [0.25, 0.3) is 0 Å². The number of carbonyl (C=O) groups is 3. The van der Waals surface area contributed by atoms with Crippen molar-refractivity contribution in [1.29, 1.82) is 0 Å². The molecule has 0 aromatic carbocycles. The van der Waals surface area contributed by atoms with Crippen LogP contribution in [0.25, 0.3) is 0 Å². The molecule has 0 radical (unpaired) electrons. The van der Waals surface area contributed by atoms with Gasteiger partial charge in [-0.2, -0.15) is 0 Å². The van der Waals surface area contributed by atoms with Crippen LogP contribution >= 0.6 is 0 Å². The van der Waals surface area contributed by atoms with Gasteiger partial charge in [-0.25, -0.2) is 4.79 Å². The Labute approximate surface area is 123 Å². The third-order valence-electron chi connectivity index (χ3n) is 4.25. The summed E-state index contributed by atoms with van der Waals surface area (Å²) in [5.74, 6) is -1.35. The van der Waals surface area contributed by atoms with Gasteiger partial charge in [-0.1, -0.05) is 19.3 Å². The van der Waals surface area contributed by atoms with Crippen LogP contribution in [0.1, 0.15) is 44.9 Å². The number of carbonyl (C=O) groups excluding carboxylic acids is 2. The Hall–Kier alpha value is -1.79. The van der Waals surface area contributed by atoms with Crippen LogP contribution in [0.3, 0.4) is 0 Å². The molecule has 0 aromatic rings. The molecule has 2 rings (SSSR count). The molecule has 4 N–H and O–H groups in total.